The van der Waals surface area contributed by atoms with E-state index in [0.717, 1.165) is 12.2 Å². The topological polar surface area (TPSA) is 9.23 Å². The van der Waals surface area contributed by atoms with Gasteiger partial charge in [-0.15, -0.1) is 0 Å². The highest BCUT2D eigenvalue weighted by Crippen LogP contribution is 2.59. The minimum atomic E-state index is 0.450. The molecule has 0 saturated heterocycles. The van der Waals surface area contributed by atoms with E-state index in [1.807, 2.05) is 0 Å². The van der Waals surface area contributed by atoms with Crippen molar-refractivity contribution in [3.8, 4) is 16.9 Å². The smallest absolute Gasteiger partial charge is 0.119 e. The van der Waals surface area contributed by atoms with E-state index in [4.69, 9.17) is 4.74 Å². The van der Waals surface area contributed by atoms with E-state index in [9.17, 15) is 0 Å². The van der Waals surface area contributed by atoms with Crippen LogP contribution in [-0.2, 0) is 5.41 Å². The van der Waals surface area contributed by atoms with E-state index >= 15 is 0 Å². The van der Waals surface area contributed by atoms with Gasteiger partial charge >= 0.3 is 0 Å². The van der Waals surface area contributed by atoms with Crippen LogP contribution in [0.25, 0.3) is 11.1 Å². The molecule has 184 valence electrons. The van der Waals surface area contributed by atoms with Crippen LogP contribution in [0.4, 0.5) is 0 Å². The van der Waals surface area contributed by atoms with E-state index in [1.54, 1.807) is 5.56 Å². The average molecular weight is 459 g/mol. The molecule has 3 aliphatic rings. The summed E-state index contributed by atoms with van der Waals surface area (Å²) in [4.78, 5) is 0. The summed E-state index contributed by atoms with van der Waals surface area (Å²) >= 11 is 0. The van der Waals surface area contributed by atoms with Crippen LogP contribution in [0.2, 0.25) is 0 Å². The second-order valence-corrected chi connectivity index (χ2v) is 11.1. The largest absolute Gasteiger partial charge is 0.490 e. The Labute approximate surface area is 209 Å². The molecule has 1 nitrogen and oxygen atoms in total. The summed E-state index contributed by atoms with van der Waals surface area (Å²) < 4.78 is 5.84. The summed E-state index contributed by atoms with van der Waals surface area (Å²) in [5, 5.41) is 0. The first-order valence-corrected chi connectivity index (χ1v) is 14.2. The molecule has 0 aromatic heterocycles. The first-order valence-electron chi connectivity index (χ1n) is 14.2. The van der Waals surface area contributed by atoms with Gasteiger partial charge in [0, 0.05) is 0 Å². The van der Waals surface area contributed by atoms with Crippen LogP contribution in [0.15, 0.2) is 60.7 Å². The summed E-state index contributed by atoms with van der Waals surface area (Å²) in [6.45, 7) is 5.16. The molecule has 3 saturated carbocycles. The fraction of sp³-hybridized carbons (Fsp3) is 0.576. The van der Waals surface area contributed by atoms with E-state index in [-0.39, 0.29) is 0 Å². The van der Waals surface area contributed by atoms with Crippen LogP contribution < -0.4 is 4.74 Å². The predicted molar refractivity (Wildman–Crippen MR) is 147 cm³/mol. The monoisotopic (exact) mass is 458 g/mol. The van der Waals surface area contributed by atoms with Gasteiger partial charge in [0.05, 0.1) is 0 Å². The maximum absolute atomic E-state index is 5.84. The fourth-order valence-electron chi connectivity index (χ4n) is 6.43. The number of ether oxygens (including phenoxy) is 1. The van der Waals surface area contributed by atoms with Gasteiger partial charge < -0.3 is 4.74 Å². The maximum Gasteiger partial charge on any atom is 0.119 e. The van der Waals surface area contributed by atoms with Gasteiger partial charge in [-0.1, -0.05) is 101 Å². The Morgan fingerprint density at radius 3 is 1.91 bits per heavy atom. The molecule has 0 spiro atoms. The van der Waals surface area contributed by atoms with Crippen molar-refractivity contribution in [2.75, 3.05) is 6.61 Å². The number of allylic oxidation sites excluding steroid dienone is 1. The molecule has 0 aliphatic heterocycles. The predicted octanol–water partition coefficient (Wildman–Crippen LogP) is 10.0. The van der Waals surface area contributed by atoms with Crippen molar-refractivity contribution in [2.45, 2.75) is 109 Å². The standard InChI is InChI=1S/C33H46O/c1-3-5-7-9-10-20-32-21-24-33(25-22-32,26-23-32)30-16-12-28(13-17-30)29-14-18-31(19-15-29)34-27-11-8-6-4-2/h8,11-19H,3-7,9-10,20-27H2,1-2H3. The molecule has 3 aliphatic carbocycles. The van der Waals surface area contributed by atoms with Gasteiger partial charge in [-0.05, 0) is 91.0 Å². The molecule has 3 fully saturated rings. The van der Waals surface area contributed by atoms with Crippen LogP contribution in [0, 0.1) is 5.41 Å². The molecular formula is C33H46O. The van der Waals surface area contributed by atoms with Gasteiger partial charge in [0.25, 0.3) is 0 Å². The number of benzene rings is 2. The molecule has 0 N–H and O–H groups in total. The Hall–Kier alpha value is -2.02. The Morgan fingerprint density at radius 1 is 0.676 bits per heavy atom. The lowest BCUT2D eigenvalue weighted by atomic mass is 9.51. The fourth-order valence-corrected chi connectivity index (χ4v) is 6.43. The van der Waals surface area contributed by atoms with E-state index in [1.165, 1.54) is 94.6 Å². The van der Waals surface area contributed by atoms with Crippen molar-refractivity contribution in [3.63, 3.8) is 0 Å². The van der Waals surface area contributed by atoms with E-state index in [2.05, 4.69) is 74.5 Å². The van der Waals surface area contributed by atoms with Gasteiger partial charge in [0.1, 0.15) is 12.4 Å². The lowest BCUT2D eigenvalue weighted by Crippen LogP contribution is -2.44. The normalized spacial score (nSPS) is 24.1. The molecule has 0 atom stereocenters. The zero-order chi connectivity index (χ0) is 23.7. The third-order valence-corrected chi connectivity index (χ3v) is 8.87. The Balaban J connectivity index is 1.30. The number of hydrogen-bond acceptors (Lipinski definition) is 1. The molecule has 0 heterocycles. The van der Waals surface area contributed by atoms with Crippen molar-refractivity contribution >= 4 is 0 Å². The molecule has 1 heteroatoms. The molecule has 2 bridgehead atoms. The maximum atomic E-state index is 5.84. The van der Waals surface area contributed by atoms with E-state index in [0.29, 0.717) is 17.4 Å². The highest BCUT2D eigenvalue weighted by molar-refractivity contribution is 5.64. The number of rotatable bonds is 13. The van der Waals surface area contributed by atoms with Gasteiger partial charge in [-0.25, -0.2) is 0 Å². The Kier molecular flexibility index (Phi) is 8.92. The van der Waals surface area contributed by atoms with E-state index < -0.39 is 0 Å². The summed E-state index contributed by atoms with van der Waals surface area (Å²) in [6, 6.07) is 18.1. The average Bonchev–Trinajstić information content (AvgIpc) is 2.90. The number of unbranched alkanes of at least 4 members (excludes halogenated alkanes) is 5. The number of hydrogen-bond donors (Lipinski definition) is 0. The highest BCUT2D eigenvalue weighted by Gasteiger charge is 2.48. The Morgan fingerprint density at radius 2 is 1.29 bits per heavy atom. The summed E-state index contributed by atoms with van der Waals surface area (Å²) in [6.07, 6.45) is 23.8. The zero-order valence-corrected chi connectivity index (χ0v) is 21.8. The molecule has 2 aromatic rings. The molecule has 34 heavy (non-hydrogen) atoms. The summed E-state index contributed by atoms with van der Waals surface area (Å²) in [5.74, 6) is 0.943. The second-order valence-electron chi connectivity index (χ2n) is 11.1. The van der Waals surface area contributed by atoms with Crippen LogP contribution in [-0.4, -0.2) is 6.61 Å². The quantitative estimate of drug-likeness (QED) is 0.214. The van der Waals surface area contributed by atoms with Crippen molar-refractivity contribution < 1.29 is 4.74 Å². The summed E-state index contributed by atoms with van der Waals surface area (Å²) in [7, 11) is 0. The molecular weight excluding hydrogens is 412 g/mol. The first kappa shape index (κ1) is 25.1. The van der Waals surface area contributed by atoms with Crippen molar-refractivity contribution in [3.05, 3.63) is 66.2 Å². The molecule has 2 aromatic carbocycles. The minimum Gasteiger partial charge on any atom is -0.490 e. The third kappa shape index (κ3) is 6.15. The van der Waals surface area contributed by atoms with Crippen molar-refractivity contribution in [1.29, 1.82) is 0 Å². The second kappa shape index (κ2) is 12.1. The lowest BCUT2D eigenvalue weighted by molar-refractivity contribution is 0.0304. The van der Waals surface area contributed by atoms with Crippen LogP contribution in [0.3, 0.4) is 0 Å². The lowest BCUT2D eigenvalue weighted by Gasteiger charge is -2.54. The van der Waals surface area contributed by atoms with Gasteiger partial charge in [0.2, 0.25) is 0 Å². The van der Waals surface area contributed by atoms with Gasteiger partial charge in [-0.2, -0.15) is 0 Å². The third-order valence-electron chi connectivity index (χ3n) is 8.87. The molecule has 5 rings (SSSR count). The van der Waals surface area contributed by atoms with Crippen molar-refractivity contribution in [1.82, 2.24) is 0 Å². The van der Waals surface area contributed by atoms with Crippen molar-refractivity contribution in [2.24, 2.45) is 5.41 Å². The zero-order valence-electron chi connectivity index (χ0n) is 21.8. The minimum absolute atomic E-state index is 0.450. The van der Waals surface area contributed by atoms with Crippen LogP contribution >= 0.6 is 0 Å². The SMILES string of the molecule is CCCC=CCOc1ccc(-c2ccc(C34CCC(CCCCCCC)(CC3)CC4)cc2)cc1. The molecule has 0 radical (unpaired) electrons. The van der Waals surface area contributed by atoms with Gasteiger partial charge in [0.15, 0.2) is 0 Å². The van der Waals surface area contributed by atoms with Crippen LogP contribution in [0.1, 0.15) is 109 Å². The van der Waals surface area contributed by atoms with Gasteiger partial charge in [-0.3, -0.25) is 0 Å². The summed E-state index contributed by atoms with van der Waals surface area (Å²) in [5.41, 5.74) is 5.30. The Bertz CT molecular complexity index is 865. The highest BCUT2D eigenvalue weighted by atomic mass is 16.5. The number of fused-ring (bicyclic) bond motifs is 3. The molecule has 0 amide bonds. The van der Waals surface area contributed by atoms with Crippen LogP contribution in [0.5, 0.6) is 5.75 Å². The first-order chi connectivity index (χ1) is 16.7. The molecule has 0 unspecified atom stereocenters.